The van der Waals surface area contributed by atoms with E-state index in [1.165, 1.54) is 140 Å². The third kappa shape index (κ3) is 10.1. The topological polar surface area (TPSA) is 9.86 Å². The van der Waals surface area contributed by atoms with Crippen molar-refractivity contribution in [3.63, 3.8) is 0 Å². The number of nitrogens with zero attached hydrogens (tertiary/aromatic N) is 2. The van der Waals surface area contributed by atoms with Crippen molar-refractivity contribution in [1.82, 2.24) is 8.42 Å². The molecule has 0 fully saturated rings. The second kappa shape index (κ2) is 19.5. The van der Waals surface area contributed by atoms with Gasteiger partial charge in [-0.1, -0.05) is 146 Å². The van der Waals surface area contributed by atoms with E-state index in [9.17, 15) is 0 Å². The van der Waals surface area contributed by atoms with Gasteiger partial charge in [-0.15, -0.1) is 23.5 Å². The zero-order valence-corrected chi connectivity index (χ0v) is 49.9. The molecule has 0 bridgehead atoms. The Kier molecular flexibility index (Phi) is 14.6. The number of hydrogen-bond acceptors (Lipinski definition) is 2. The molecule has 0 radical (unpaired) electrons. The maximum atomic E-state index is 3.01. The van der Waals surface area contributed by atoms with E-state index in [4.69, 9.17) is 0 Å². The largest absolute Gasteiger partial charge is 0.271 e. The molecule has 6 aromatic carbocycles. The molecule has 8 aromatic rings. The molecule has 0 aliphatic rings. The number of rotatable bonds is 14. The molecule has 0 N–H and O–H groups in total. The molecule has 0 saturated carbocycles. The first-order chi connectivity index (χ1) is 32.0. The van der Waals surface area contributed by atoms with E-state index in [1.807, 2.05) is 0 Å². The number of para-hydroxylation sites is 2. The summed E-state index contributed by atoms with van der Waals surface area (Å²) >= 11 is 4.42. The number of aryl methyl sites for hydroxylation is 12. The molecule has 8 heteroatoms. The highest BCUT2D eigenvalue weighted by molar-refractivity contribution is 8.17. The molecule has 68 heavy (non-hydrogen) atoms. The molecule has 2 heterocycles. The van der Waals surface area contributed by atoms with Crippen LogP contribution in [0.15, 0.2) is 94.6 Å². The van der Waals surface area contributed by atoms with Crippen molar-refractivity contribution in [3.05, 3.63) is 152 Å². The quantitative estimate of drug-likeness (QED) is 0.0793. The van der Waals surface area contributed by atoms with Gasteiger partial charge in [-0.05, 0) is 173 Å². The standard InChI is InChI=1S/C60H76N2P2S2Si2/c1-37-29-41(5)53(42(6)30-37)49-21-19-22-50(54-43(7)31-38(2)32-44(54)8)57(49)61-59(65-25-27-67(13,14)15)60(66-26-28-68(16,17)18)63-62(64(61)63)58-51(55-45(9)33-39(3)34-46(55)10)23-20-24-52(58)56-47(11)35-40(4)36-48(56)12/h19-24,29-36H,25-28H2,1-18H3. The van der Waals surface area contributed by atoms with Gasteiger partial charge < -0.3 is 0 Å². The monoisotopic (exact) mass is 1010 g/mol. The Morgan fingerprint density at radius 1 is 0.412 bits per heavy atom. The van der Waals surface area contributed by atoms with Crippen LogP contribution >= 0.6 is 38.0 Å². The first-order valence-electron chi connectivity index (χ1n) is 24.7. The van der Waals surface area contributed by atoms with E-state index in [2.05, 4.69) is 239 Å². The molecule has 8 rings (SSSR count). The third-order valence-electron chi connectivity index (χ3n) is 13.7. The Bertz CT molecular complexity index is 2990. The van der Waals surface area contributed by atoms with E-state index in [1.54, 1.807) is 9.65 Å². The van der Waals surface area contributed by atoms with Crippen LogP contribution < -0.4 is 0 Å². The summed E-state index contributed by atoms with van der Waals surface area (Å²) in [6, 6.07) is 36.4. The Morgan fingerprint density at radius 3 is 1.01 bits per heavy atom. The van der Waals surface area contributed by atoms with Crippen LogP contribution in [0, 0.1) is 83.1 Å². The van der Waals surface area contributed by atoms with Crippen molar-refractivity contribution in [2.75, 3.05) is 11.5 Å². The van der Waals surface area contributed by atoms with Gasteiger partial charge in [0.05, 0.1) is 23.2 Å². The minimum absolute atomic E-state index is 0.691. The van der Waals surface area contributed by atoms with E-state index in [0.717, 1.165) is 5.75 Å². The molecule has 356 valence electrons. The average molecular weight is 1010 g/mol. The van der Waals surface area contributed by atoms with Crippen molar-refractivity contribution < 1.29 is 0 Å². The SMILES string of the molecule is Cc1cc(C)c(-c2cccc(-c3c(C)cc(C)cc3C)c2-n2c(SCC[Si](C)(C)C)c(SCC[Si](C)(C)C)p3n(-c4c(-c5c(C)cc(C)cc5C)cccc4-c4c(C)cc(C)cc4C)p23)c(C)c1. The van der Waals surface area contributed by atoms with Crippen LogP contribution in [0.1, 0.15) is 66.8 Å². The number of thioether (sulfide) groups is 2. The van der Waals surface area contributed by atoms with Gasteiger partial charge in [-0.3, -0.25) is 8.42 Å². The summed E-state index contributed by atoms with van der Waals surface area (Å²) in [5, 5.41) is 1.54. The van der Waals surface area contributed by atoms with Crippen LogP contribution in [0.5, 0.6) is 0 Å². The lowest BCUT2D eigenvalue weighted by molar-refractivity contribution is 0.984. The molecular formula is C60H76N2P2S2Si2. The maximum absolute atomic E-state index is 3.01. The lowest BCUT2D eigenvalue weighted by Gasteiger charge is -2.25. The van der Waals surface area contributed by atoms with Crippen molar-refractivity contribution in [2.45, 2.75) is 144 Å². The predicted octanol–water partition coefficient (Wildman–Crippen LogP) is 20.2. The first-order valence-corrected chi connectivity index (χ1v) is 37.4. The number of fused-ring (bicyclic) bond motifs is 1. The van der Waals surface area contributed by atoms with E-state index in [-0.39, 0.29) is 0 Å². The molecule has 0 aliphatic carbocycles. The summed E-state index contributed by atoms with van der Waals surface area (Å²) in [6.45, 7) is 43.0. The Hall–Kier alpha value is -3.61. The smallest absolute Gasteiger partial charge is 0.108 e. The van der Waals surface area contributed by atoms with Gasteiger partial charge in [-0.2, -0.15) is 0 Å². The van der Waals surface area contributed by atoms with Crippen LogP contribution in [0.4, 0.5) is 0 Å². The fourth-order valence-electron chi connectivity index (χ4n) is 11.0. The normalized spacial score (nSPS) is 12.9. The minimum Gasteiger partial charge on any atom is -0.271 e. The molecule has 0 spiro atoms. The van der Waals surface area contributed by atoms with E-state index >= 15 is 0 Å². The summed E-state index contributed by atoms with van der Waals surface area (Å²) in [5.41, 5.74) is 30.0. The lowest BCUT2D eigenvalue weighted by Crippen LogP contribution is -2.20. The number of benzene rings is 6. The van der Waals surface area contributed by atoms with Gasteiger partial charge in [0.2, 0.25) is 0 Å². The van der Waals surface area contributed by atoms with E-state index < -0.39 is 30.7 Å². The highest BCUT2D eigenvalue weighted by Crippen LogP contribution is 2.72. The van der Waals surface area contributed by atoms with Gasteiger partial charge in [0.15, 0.2) is 0 Å². The highest BCUT2D eigenvalue weighted by atomic mass is 32.2. The predicted molar refractivity (Wildman–Crippen MR) is 315 cm³/mol. The first kappa shape index (κ1) is 50.8. The van der Waals surface area contributed by atoms with Crippen molar-refractivity contribution in [1.29, 1.82) is 0 Å². The Balaban J connectivity index is 1.59. The molecule has 2 nitrogen and oxygen atoms in total. The summed E-state index contributed by atoms with van der Waals surface area (Å²) in [4.78, 5) is 0. The lowest BCUT2D eigenvalue weighted by atomic mass is 9.87. The minimum atomic E-state index is -1.33. The summed E-state index contributed by atoms with van der Waals surface area (Å²) < 4.78 is 7.67. The van der Waals surface area contributed by atoms with Crippen molar-refractivity contribution in [2.24, 2.45) is 0 Å². The summed E-state index contributed by atoms with van der Waals surface area (Å²) in [6.07, 6.45) is 0. The van der Waals surface area contributed by atoms with Crippen molar-refractivity contribution in [3.8, 4) is 55.9 Å². The number of hydrogen-bond donors (Lipinski definition) is 0. The van der Waals surface area contributed by atoms with Gasteiger partial charge >= 0.3 is 0 Å². The molecule has 2 atom stereocenters. The highest BCUT2D eigenvalue weighted by Gasteiger charge is 2.37. The van der Waals surface area contributed by atoms with Gasteiger partial charge in [0.25, 0.3) is 0 Å². The Morgan fingerprint density at radius 2 is 0.706 bits per heavy atom. The number of aromatic nitrogens is 2. The van der Waals surface area contributed by atoms with Crippen LogP contribution in [0.2, 0.25) is 51.4 Å². The second-order valence-corrected chi connectivity index (χ2v) is 41.6. The second-order valence-electron chi connectivity index (χ2n) is 22.6. The Labute approximate surface area is 422 Å². The van der Waals surface area contributed by atoms with Crippen LogP contribution in [0.3, 0.4) is 0 Å². The van der Waals surface area contributed by atoms with Gasteiger partial charge in [0.1, 0.15) is 12.4 Å². The van der Waals surface area contributed by atoms with Crippen LogP contribution in [0.25, 0.3) is 55.9 Å². The van der Waals surface area contributed by atoms with Gasteiger partial charge in [-0.25, -0.2) is 0 Å². The van der Waals surface area contributed by atoms with Gasteiger partial charge in [0, 0.05) is 38.4 Å². The fourth-order valence-corrected chi connectivity index (χ4v) is 28.6. The van der Waals surface area contributed by atoms with Crippen molar-refractivity contribution >= 4 is 54.2 Å². The molecule has 0 saturated heterocycles. The zero-order chi connectivity index (χ0) is 49.3. The fraction of sp³-hybridized carbons (Fsp3) is 0.367. The molecular weight excluding hydrogens is 931 g/mol. The third-order valence-corrected chi connectivity index (χ3v) is 27.8. The summed E-state index contributed by atoms with van der Waals surface area (Å²) in [5.74, 6) is 2.33. The van der Waals surface area contributed by atoms with Crippen LogP contribution in [-0.4, -0.2) is 36.1 Å². The maximum Gasteiger partial charge on any atom is 0.108 e. The van der Waals surface area contributed by atoms with E-state index in [0.29, 0.717) is 0 Å². The molecule has 0 aliphatic heterocycles. The molecule has 2 aromatic heterocycles. The molecule has 0 amide bonds. The molecule has 2 unspecified atom stereocenters. The summed E-state index contributed by atoms with van der Waals surface area (Å²) in [7, 11) is -4.16. The zero-order valence-electron chi connectivity index (χ0n) is 44.5. The average Bonchev–Trinajstić information content (AvgIpc) is 3.83. The van der Waals surface area contributed by atoms with Crippen LogP contribution in [-0.2, 0) is 0 Å².